The maximum absolute atomic E-state index is 13.3. The van der Waals surface area contributed by atoms with Crippen LogP contribution in [0.15, 0.2) is 95.7 Å². The molecular formula is C27H23N3O4S. The van der Waals surface area contributed by atoms with E-state index in [4.69, 9.17) is 0 Å². The van der Waals surface area contributed by atoms with Gasteiger partial charge in [-0.3, -0.25) is 14.4 Å². The second-order valence-corrected chi connectivity index (χ2v) is 8.56. The number of H-pyrrole nitrogens is 1. The summed E-state index contributed by atoms with van der Waals surface area (Å²) in [6.07, 6.45) is 3.43. The number of carbonyl (C=O) groups is 3. The molecule has 3 N–H and O–H groups in total. The SMILES string of the molecule is COC(=O)CSc1cccc(NC(=O)/C(=C\c2c[nH]c3ccccc23)NC(=O)c2ccccc2)c1. The summed E-state index contributed by atoms with van der Waals surface area (Å²) in [5, 5.41) is 6.51. The molecule has 0 saturated carbocycles. The standard InChI is InChI=1S/C27H23N3O4S/c1-34-25(31)17-35-21-11-7-10-20(15-21)29-27(33)24(30-26(32)18-8-3-2-4-9-18)14-19-16-28-23-13-6-5-12-22(19)23/h2-16,28H,17H2,1H3,(H,29,33)(H,30,32)/b24-14+. The summed E-state index contributed by atoms with van der Waals surface area (Å²) in [6.45, 7) is 0. The first kappa shape index (κ1) is 23.8. The second kappa shape index (κ2) is 11.2. The summed E-state index contributed by atoms with van der Waals surface area (Å²) in [6, 6.07) is 23.5. The molecule has 3 aromatic carbocycles. The number of para-hydroxylation sites is 1. The van der Waals surface area contributed by atoms with Crippen molar-refractivity contribution in [3.8, 4) is 0 Å². The van der Waals surface area contributed by atoms with Crippen LogP contribution in [-0.4, -0.2) is 35.6 Å². The second-order valence-electron chi connectivity index (χ2n) is 7.51. The number of hydrogen-bond donors (Lipinski definition) is 3. The van der Waals surface area contributed by atoms with Gasteiger partial charge >= 0.3 is 5.97 Å². The van der Waals surface area contributed by atoms with E-state index >= 15 is 0 Å². The fraction of sp³-hybridized carbons (Fsp3) is 0.0741. The molecule has 0 unspecified atom stereocenters. The molecule has 0 fully saturated rings. The average Bonchev–Trinajstić information content (AvgIpc) is 3.30. The van der Waals surface area contributed by atoms with Crippen LogP contribution in [0.1, 0.15) is 15.9 Å². The third-order valence-electron chi connectivity index (χ3n) is 5.13. The van der Waals surface area contributed by atoms with Gasteiger partial charge < -0.3 is 20.4 Å². The Balaban J connectivity index is 1.60. The lowest BCUT2D eigenvalue weighted by atomic mass is 10.1. The van der Waals surface area contributed by atoms with E-state index in [1.54, 1.807) is 54.7 Å². The van der Waals surface area contributed by atoms with Crippen LogP contribution in [0.3, 0.4) is 0 Å². The minimum atomic E-state index is -0.477. The van der Waals surface area contributed by atoms with Crippen LogP contribution in [0.2, 0.25) is 0 Å². The first-order valence-electron chi connectivity index (χ1n) is 10.8. The molecule has 0 radical (unpaired) electrons. The maximum atomic E-state index is 13.3. The fourth-order valence-electron chi connectivity index (χ4n) is 3.37. The predicted molar refractivity (Wildman–Crippen MR) is 138 cm³/mol. The topological polar surface area (TPSA) is 100 Å². The van der Waals surface area contributed by atoms with Gasteiger partial charge in [0.25, 0.3) is 11.8 Å². The molecular weight excluding hydrogens is 462 g/mol. The Morgan fingerprint density at radius 1 is 0.971 bits per heavy atom. The van der Waals surface area contributed by atoms with Crippen LogP contribution in [0.5, 0.6) is 0 Å². The van der Waals surface area contributed by atoms with Crippen LogP contribution in [0, 0.1) is 0 Å². The van der Waals surface area contributed by atoms with Gasteiger partial charge in [-0.2, -0.15) is 0 Å². The largest absolute Gasteiger partial charge is 0.468 e. The minimum Gasteiger partial charge on any atom is -0.468 e. The fourth-order valence-corrected chi connectivity index (χ4v) is 4.16. The molecule has 0 aliphatic heterocycles. The molecule has 1 heterocycles. The van der Waals surface area contributed by atoms with Gasteiger partial charge in [0.1, 0.15) is 5.70 Å². The van der Waals surface area contributed by atoms with Crippen LogP contribution in [0.25, 0.3) is 17.0 Å². The molecule has 2 amide bonds. The number of aromatic amines is 1. The van der Waals surface area contributed by atoms with E-state index in [1.165, 1.54) is 18.9 Å². The number of ether oxygens (including phenoxy) is 1. The highest BCUT2D eigenvalue weighted by Crippen LogP contribution is 2.23. The minimum absolute atomic E-state index is 0.0937. The average molecular weight is 486 g/mol. The van der Waals surface area contributed by atoms with Crippen molar-refractivity contribution in [3.05, 3.63) is 102 Å². The third-order valence-corrected chi connectivity index (χ3v) is 6.09. The van der Waals surface area contributed by atoms with Gasteiger partial charge in [0.2, 0.25) is 0 Å². The van der Waals surface area contributed by atoms with Crippen molar-refractivity contribution in [2.45, 2.75) is 4.90 Å². The zero-order valence-corrected chi connectivity index (χ0v) is 19.7. The van der Waals surface area contributed by atoms with Crippen molar-refractivity contribution in [2.24, 2.45) is 0 Å². The lowest BCUT2D eigenvalue weighted by molar-refractivity contribution is -0.137. The third kappa shape index (κ3) is 6.18. The van der Waals surface area contributed by atoms with Gasteiger partial charge in [0.05, 0.1) is 12.9 Å². The molecule has 4 rings (SSSR count). The molecule has 0 bridgehead atoms. The van der Waals surface area contributed by atoms with E-state index in [1.807, 2.05) is 36.4 Å². The quantitative estimate of drug-likeness (QED) is 0.188. The van der Waals surface area contributed by atoms with E-state index in [9.17, 15) is 14.4 Å². The Hall–Kier alpha value is -4.30. The monoisotopic (exact) mass is 485 g/mol. The molecule has 7 nitrogen and oxygen atoms in total. The van der Waals surface area contributed by atoms with Crippen LogP contribution in [-0.2, 0) is 14.3 Å². The summed E-state index contributed by atoms with van der Waals surface area (Å²) in [5.74, 6) is -1.05. The van der Waals surface area contributed by atoms with E-state index < -0.39 is 11.8 Å². The molecule has 0 aliphatic rings. The number of anilines is 1. The summed E-state index contributed by atoms with van der Waals surface area (Å²) in [4.78, 5) is 41.5. The van der Waals surface area contributed by atoms with Crippen molar-refractivity contribution in [2.75, 3.05) is 18.2 Å². The maximum Gasteiger partial charge on any atom is 0.315 e. The number of benzene rings is 3. The van der Waals surface area contributed by atoms with E-state index in [2.05, 4.69) is 20.4 Å². The van der Waals surface area contributed by atoms with Gasteiger partial charge in [-0.1, -0.05) is 42.5 Å². The van der Waals surface area contributed by atoms with Crippen molar-refractivity contribution >= 4 is 52.2 Å². The van der Waals surface area contributed by atoms with Crippen molar-refractivity contribution in [1.29, 1.82) is 0 Å². The molecule has 176 valence electrons. The smallest absolute Gasteiger partial charge is 0.315 e. The summed E-state index contributed by atoms with van der Waals surface area (Å²) in [5.41, 5.74) is 2.75. The highest BCUT2D eigenvalue weighted by Gasteiger charge is 2.16. The molecule has 1 aromatic heterocycles. The highest BCUT2D eigenvalue weighted by atomic mass is 32.2. The first-order chi connectivity index (χ1) is 17.0. The number of carbonyl (C=O) groups excluding carboxylic acids is 3. The summed E-state index contributed by atoms with van der Waals surface area (Å²) < 4.78 is 4.67. The molecule has 0 spiro atoms. The lowest BCUT2D eigenvalue weighted by Crippen LogP contribution is -2.30. The number of hydrogen-bond acceptors (Lipinski definition) is 5. The first-order valence-corrected chi connectivity index (χ1v) is 11.8. The number of esters is 1. The Morgan fingerprint density at radius 2 is 1.74 bits per heavy atom. The zero-order valence-electron chi connectivity index (χ0n) is 18.9. The number of aromatic nitrogens is 1. The Kier molecular flexibility index (Phi) is 7.64. The van der Waals surface area contributed by atoms with Crippen molar-refractivity contribution in [3.63, 3.8) is 0 Å². The van der Waals surface area contributed by atoms with Crippen LogP contribution < -0.4 is 10.6 Å². The van der Waals surface area contributed by atoms with Gasteiger partial charge in [-0.05, 0) is 42.5 Å². The summed E-state index contributed by atoms with van der Waals surface area (Å²) in [7, 11) is 1.34. The van der Waals surface area contributed by atoms with Crippen LogP contribution >= 0.6 is 11.8 Å². The van der Waals surface area contributed by atoms with Gasteiger partial charge in [-0.15, -0.1) is 11.8 Å². The lowest BCUT2D eigenvalue weighted by Gasteiger charge is -2.12. The van der Waals surface area contributed by atoms with Gasteiger partial charge in [0, 0.05) is 38.8 Å². The highest BCUT2D eigenvalue weighted by molar-refractivity contribution is 8.00. The molecule has 8 heteroatoms. The van der Waals surface area contributed by atoms with Gasteiger partial charge in [-0.25, -0.2) is 0 Å². The van der Waals surface area contributed by atoms with E-state index in [0.29, 0.717) is 11.3 Å². The van der Waals surface area contributed by atoms with Crippen molar-refractivity contribution < 1.29 is 19.1 Å². The molecule has 35 heavy (non-hydrogen) atoms. The van der Waals surface area contributed by atoms with Gasteiger partial charge in [0.15, 0.2) is 0 Å². The predicted octanol–water partition coefficient (Wildman–Crippen LogP) is 4.84. The normalized spacial score (nSPS) is 11.2. The Morgan fingerprint density at radius 3 is 2.54 bits per heavy atom. The van der Waals surface area contributed by atoms with E-state index in [-0.39, 0.29) is 17.4 Å². The number of thioether (sulfide) groups is 1. The molecule has 0 atom stereocenters. The van der Waals surface area contributed by atoms with Crippen LogP contribution in [0.4, 0.5) is 5.69 Å². The zero-order chi connectivity index (χ0) is 24.6. The number of rotatable bonds is 8. The van der Waals surface area contributed by atoms with E-state index in [0.717, 1.165) is 21.4 Å². The number of fused-ring (bicyclic) bond motifs is 1. The molecule has 0 aliphatic carbocycles. The number of nitrogens with one attached hydrogen (secondary N) is 3. The number of methoxy groups -OCH3 is 1. The van der Waals surface area contributed by atoms with Crippen molar-refractivity contribution in [1.82, 2.24) is 10.3 Å². The molecule has 4 aromatic rings. The summed E-state index contributed by atoms with van der Waals surface area (Å²) >= 11 is 1.30. The Labute approximate surface area is 206 Å². The Bertz CT molecular complexity index is 1400. The number of amides is 2. The molecule has 0 saturated heterocycles.